The maximum atomic E-state index is 12.4. The van der Waals surface area contributed by atoms with Crippen LogP contribution in [0.2, 0.25) is 0 Å². The number of rotatable bonds is 5. The van der Waals surface area contributed by atoms with Gasteiger partial charge in [0.05, 0.1) is 5.52 Å². The molecule has 0 saturated carbocycles. The summed E-state index contributed by atoms with van der Waals surface area (Å²) in [6.07, 6.45) is 1.68. The van der Waals surface area contributed by atoms with Crippen molar-refractivity contribution in [3.05, 3.63) is 69.1 Å². The molecule has 4 nitrogen and oxygen atoms in total. The van der Waals surface area contributed by atoms with Gasteiger partial charge in [-0.1, -0.05) is 32.0 Å². The summed E-state index contributed by atoms with van der Waals surface area (Å²) in [6.45, 7) is 5.01. The minimum atomic E-state index is -0.102. The van der Waals surface area contributed by atoms with Gasteiger partial charge in [0.1, 0.15) is 6.54 Å². The van der Waals surface area contributed by atoms with Crippen LogP contribution in [-0.2, 0) is 16.8 Å². The van der Waals surface area contributed by atoms with Crippen LogP contribution in [0.3, 0.4) is 0 Å². The Labute approximate surface area is 144 Å². The summed E-state index contributed by atoms with van der Waals surface area (Å²) in [5, 5.41) is 5.69. The van der Waals surface area contributed by atoms with Gasteiger partial charge < -0.3 is 9.88 Å². The van der Waals surface area contributed by atoms with E-state index < -0.39 is 0 Å². The molecule has 2 heterocycles. The predicted octanol–water partition coefficient (Wildman–Crippen LogP) is 3.16. The van der Waals surface area contributed by atoms with Gasteiger partial charge in [0.25, 0.3) is 0 Å². The summed E-state index contributed by atoms with van der Waals surface area (Å²) in [5.74, 6) is -0.0616. The average Bonchev–Trinajstić information content (AvgIpc) is 3.11. The lowest BCUT2D eigenvalue weighted by atomic mass is 9.91. The minimum absolute atomic E-state index is 0.0268. The summed E-state index contributed by atoms with van der Waals surface area (Å²) in [5.41, 5.74) is 0.647. The highest BCUT2D eigenvalue weighted by atomic mass is 32.1. The zero-order chi connectivity index (χ0) is 17.2. The molecule has 3 aromatic rings. The predicted molar refractivity (Wildman–Crippen MR) is 98.6 cm³/mol. The molecule has 0 saturated heterocycles. The summed E-state index contributed by atoms with van der Waals surface area (Å²) in [4.78, 5) is 25.5. The maximum absolute atomic E-state index is 12.4. The van der Waals surface area contributed by atoms with Crippen molar-refractivity contribution in [2.45, 2.75) is 25.8 Å². The van der Waals surface area contributed by atoms with Crippen molar-refractivity contribution in [1.82, 2.24) is 9.88 Å². The molecule has 2 aromatic heterocycles. The number of hydrogen-bond donors (Lipinski definition) is 1. The number of fused-ring (bicyclic) bond motifs is 1. The van der Waals surface area contributed by atoms with Crippen LogP contribution in [0.1, 0.15) is 18.7 Å². The second-order valence-electron chi connectivity index (χ2n) is 6.46. The second kappa shape index (κ2) is 6.61. The second-order valence-corrected chi connectivity index (χ2v) is 7.41. The minimum Gasteiger partial charge on any atom is -0.354 e. The van der Waals surface area contributed by atoms with Gasteiger partial charge in [-0.25, -0.2) is 0 Å². The van der Waals surface area contributed by atoms with Gasteiger partial charge in [-0.05, 0) is 23.6 Å². The first-order valence-corrected chi connectivity index (χ1v) is 8.74. The molecular weight excluding hydrogens is 320 g/mol. The SMILES string of the molecule is CC(C)(CNC(=O)Cn1ccc(=O)c2ccccc21)c1cccs1. The Morgan fingerprint density at radius 3 is 2.71 bits per heavy atom. The molecule has 0 fully saturated rings. The lowest BCUT2D eigenvalue weighted by Gasteiger charge is -2.24. The van der Waals surface area contributed by atoms with Crippen LogP contribution < -0.4 is 10.7 Å². The lowest BCUT2D eigenvalue weighted by Crippen LogP contribution is -2.37. The number of amides is 1. The van der Waals surface area contributed by atoms with Crippen molar-refractivity contribution in [2.75, 3.05) is 6.54 Å². The van der Waals surface area contributed by atoms with Gasteiger partial charge in [-0.15, -0.1) is 11.3 Å². The Morgan fingerprint density at radius 2 is 1.96 bits per heavy atom. The van der Waals surface area contributed by atoms with Crippen molar-refractivity contribution in [2.24, 2.45) is 0 Å². The molecule has 0 aliphatic carbocycles. The Kier molecular flexibility index (Phi) is 4.53. The Morgan fingerprint density at radius 1 is 1.17 bits per heavy atom. The van der Waals surface area contributed by atoms with Crippen molar-refractivity contribution >= 4 is 28.1 Å². The first kappa shape index (κ1) is 16.5. The zero-order valence-corrected chi connectivity index (χ0v) is 14.6. The first-order chi connectivity index (χ1) is 11.5. The molecule has 1 amide bonds. The zero-order valence-electron chi connectivity index (χ0n) is 13.8. The van der Waals surface area contributed by atoms with E-state index in [1.54, 1.807) is 23.6 Å². The topological polar surface area (TPSA) is 51.1 Å². The number of pyridine rings is 1. The van der Waals surface area contributed by atoms with E-state index in [2.05, 4.69) is 25.2 Å². The van der Waals surface area contributed by atoms with Crippen molar-refractivity contribution in [3.8, 4) is 0 Å². The highest BCUT2D eigenvalue weighted by Crippen LogP contribution is 2.26. The third-order valence-electron chi connectivity index (χ3n) is 4.11. The summed E-state index contributed by atoms with van der Waals surface area (Å²) in [7, 11) is 0. The fourth-order valence-corrected chi connectivity index (χ4v) is 3.53. The van der Waals surface area contributed by atoms with Crippen LogP contribution in [0.5, 0.6) is 0 Å². The normalized spacial score (nSPS) is 11.6. The van der Waals surface area contributed by atoms with Crippen LogP contribution in [0.25, 0.3) is 10.9 Å². The fourth-order valence-electron chi connectivity index (χ4n) is 2.68. The van der Waals surface area contributed by atoms with Gasteiger partial charge in [-0.3, -0.25) is 9.59 Å². The van der Waals surface area contributed by atoms with E-state index in [4.69, 9.17) is 0 Å². The molecule has 0 aliphatic heterocycles. The third kappa shape index (κ3) is 3.41. The highest BCUT2D eigenvalue weighted by Gasteiger charge is 2.22. The molecule has 24 heavy (non-hydrogen) atoms. The van der Waals surface area contributed by atoms with E-state index in [9.17, 15) is 9.59 Å². The van der Waals surface area contributed by atoms with Gasteiger partial charge in [0, 0.05) is 34.5 Å². The van der Waals surface area contributed by atoms with Gasteiger partial charge in [0.2, 0.25) is 5.91 Å². The fraction of sp³-hybridized carbons (Fsp3) is 0.263. The van der Waals surface area contributed by atoms with Crippen LogP contribution in [0.15, 0.2) is 58.8 Å². The number of carbonyl (C=O) groups is 1. The third-order valence-corrected chi connectivity index (χ3v) is 5.35. The largest absolute Gasteiger partial charge is 0.354 e. The van der Waals surface area contributed by atoms with Crippen LogP contribution >= 0.6 is 11.3 Å². The van der Waals surface area contributed by atoms with E-state index in [-0.39, 0.29) is 23.3 Å². The molecular formula is C19H20N2O2S. The van der Waals surface area contributed by atoms with E-state index in [0.29, 0.717) is 11.9 Å². The van der Waals surface area contributed by atoms with Crippen LogP contribution in [-0.4, -0.2) is 17.0 Å². The number of carbonyl (C=O) groups excluding carboxylic acids is 1. The molecule has 124 valence electrons. The summed E-state index contributed by atoms with van der Waals surface area (Å²) >= 11 is 1.70. The summed E-state index contributed by atoms with van der Waals surface area (Å²) in [6, 6.07) is 13.0. The van der Waals surface area contributed by atoms with E-state index in [1.165, 1.54) is 10.9 Å². The standard InChI is InChI=1S/C19H20N2O2S/c1-19(2,17-8-5-11-24-17)13-20-18(23)12-21-10-9-16(22)14-6-3-4-7-15(14)21/h3-11H,12-13H2,1-2H3,(H,20,23). The van der Waals surface area contributed by atoms with Crippen LogP contribution in [0.4, 0.5) is 0 Å². The Hall–Kier alpha value is -2.40. The van der Waals surface area contributed by atoms with Gasteiger partial charge in [-0.2, -0.15) is 0 Å². The quantitative estimate of drug-likeness (QED) is 0.776. The number of aromatic nitrogens is 1. The molecule has 0 aliphatic rings. The monoisotopic (exact) mass is 340 g/mol. The number of nitrogens with zero attached hydrogens (tertiary/aromatic N) is 1. The van der Waals surface area contributed by atoms with Gasteiger partial charge in [0.15, 0.2) is 5.43 Å². The molecule has 0 radical (unpaired) electrons. The molecule has 1 aromatic carbocycles. The molecule has 5 heteroatoms. The Balaban J connectivity index is 1.72. The number of benzene rings is 1. The van der Waals surface area contributed by atoms with E-state index >= 15 is 0 Å². The van der Waals surface area contributed by atoms with Crippen molar-refractivity contribution in [1.29, 1.82) is 0 Å². The number of thiophene rings is 1. The number of nitrogens with one attached hydrogen (secondary N) is 1. The van der Waals surface area contributed by atoms with Gasteiger partial charge >= 0.3 is 0 Å². The molecule has 0 atom stereocenters. The van der Waals surface area contributed by atoms with E-state index in [0.717, 1.165) is 5.52 Å². The number of hydrogen-bond acceptors (Lipinski definition) is 3. The first-order valence-electron chi connectivity index (χ1n) is 7.86. The maximum Gasteiger partial charge on any atom is 0.239 e. The molecule has 0 spiro atoms. The van der Waals surface area contributed by atoms with Crippen LogP contribution in [0, 0.1) is 0 Å². The Bertz CT molecular complexity index is 911. The molecule has 3 rings (SSSR count). The number of para-hydroxylation sites is 1. The molecule has 1 N–H and O–H groups in total. The highest BCUT2D eigenvalue weighted by molar-refractivity contribution is 7.10. The lowest BCUT2D eigenvalue weighted by molar-refractivity contribution is -0.121. The molecule has 0 bridgehead atoms. The van der Waals surface area contributed by atoms with Crippen molar-refractivity contribution < 1.29 is 4.79 Å². The summed E-state index contributed by atoms with van der Waals surface area (Å²) < 4.78 is 1.81. The average molecular weight is 340 g/mol. The smallest absolute Gasteiger partial charge is 0.239 e. The van der Waals surface area contributed by atoms with Crippen molar-refractivity contribution in [3.63, 3.8) is 0 Å². The van der Waals surface area contributed by atoms with E-state index in [1.807, 2.05) is 34.2 Å². The molecule has 0 unspecified atom stereocenters.